The van der Waals surface area contributed by atoms with Crippen molar-refractivity contribution >= 4 is 0 Å². The third kappa shape index (κ3) is 3.87. The highest BCUT2D eigenvalue weighted by atomic mass is 15.2. The molecule has 0 aromatic heterocycles. The van der Waals surface area contributed by atoms with E-state index in [1.165, 1.54) is 44.3 Å². The predicted octanol–water partition coefficient (Wildman–Crippen LogP) is 3.68. The van der Waals surface area contributed by atoms with Gasteiger partial charge in [0.05, 0.1) is 0 Å². The van der Waals surface area contributed by atoms with Crippen molar-refractivity contribution in [3.05, 3.63) is 35.9 Å². The Bertz CT molecular complexity index is 424. The summed E-state index contributed by atoms with van der Waals surface area (Å²) < 4.78 is 0. The van der Waals surface area contributed by atoms with Crippen LogP contribution in [-0.2, 0) is 6.54 Å². The third-order valence-electron chi connectivity index (χ3n) is 5.48. The fourth-order valence-electron chi connectivity index (χ4n) is 3.71. The van der Waals surface area contributed by atoms with Crippen LogP contribution in [0.25, 0.3) is 0 Å². The predicted molar refractivity (Wildman–Crippen MR) is 89.2 cm³/mol. The minimum absolute atomic E-state index is 0.659. The van der Waals surface area contributed by atoms with E-state index in [1.807, 2.05) is 0 Å². The van der Waals surface area contributed by atoms with Gasteiger partial charge in [0.2, 0.25) is 0 Å². The molecule has 3 rings (SSSR count). The molecular weight excluding hydrogens is 256 g/mol. The summed E-state index contributed by atoms with van der Waals surface area (Å²) in [5.74, 6) is 1.65. The number of rotatable bonds is 5. The van der Waals surface area contributed by atoms with Crippen LogP contribution in [0.4, 0.5) is 0 Å². The smallest absolute Gasteiger partial charge is 0.0208 e. The zero-order valence-electron chi connectivity index (χ0n) is 13.6. The van der Waals surface area contributed by atoms with Gasteiger partial charge < -0.3 is 5.32 Å². The molecule has 1 aromatic rings. The van der Waals surface area contributed by atoms with Gasteiger partial charge in [-0.2, -0.15) is 0 Å². The monoisotopic (exact) mass is 286 g/mol. The molecule has 2 heteroatoms. The highest BCUT2D eigenvalue weighted by Gasteiger charge is 2.34. The molecule has 0 bridgehead atoms. The normalized spacial score (nSPS) is 27.8. The van der Waals surface area contributed by atoms with Gasteiger partial charge in [-0.1, -0.05) is 50.6 Å². The first-order valence-corrected chi connectivity index (χ1v) is 8.73. The zero-order valence-corrected chi connectivity index (χ0v) is 13.6. The summed E-state index contributed by atoms with van der Waals surface area (Å²) in [6.07, 6.45) is 5.63. The first-order valence-electron chi connectivity index (χ1n) is 8.73. The third-order valence-corrected chi connectivity index (χ3v) is 5.48. The molecule has 116 valence electrons. The van der Waals surface area contributed by atoms with Crippen molar-refractivity contribution in [3.63, 3.8) is 0 Å². The van der Waals surface area contributed by atoms with Crippen molar-refractivity contribution in [3.8, 4) is 0 Å². The molecule has 1 N–H and O–H groups in total. The van der Waals surface area contributed by atoms with Crippen LogP contribution < -0.4 is 5.32 Å². The highest BCUT2D eigenvalue weighted by Crippen LogP contribution is 2.31. The number of likely N-dealkylation sites (tertiary alicyclic amines) is 1. The van der Waals surface area contributed by atoms with Gasteiger partial charge in [0.15, 0.2) is 0 Å². The summed E-state index contributed by atoms with van der Waals surface area (Å²) in [4.78, 5) is 2.78. The van der Waals surface area contributed by atoms with Crippen molar-refractivity contribution in [2.45, 2.75) is 58.2 Å². The van der Waals surface area contributed by atoms with Gasteiger partial charge >= 0.3 is 0 Å². The summed E-state index contributed by atoms with van der Waals surface area (Å²) in [5, 5.41) is 3.81. The van der Waals surface area contributed by atoms with Crippen LogP contribution in [0.1, 0.15) is 45.1 Å². The Labute approximate surface area is 129 Å². The standard InChI is InChI=1S/C19H30N2/c1-15(2)17-11-18(14-21(13-17)19-9-6-10-19)20-12-16-7-4-3-5-8-16/h3-5,7-8,15,17-20H,6,9-14H2,1-2H3. The van der Waals surface area contributed by atoms with E-state index in [2.05, 4.69) is 54.4 Å². The summed E-state index contributed by atoms with van der Waals surface area (Å²) in [7, 11) is 0. The fourth-order valence-corrected chi connectivity index (χ4v) is 3.71. The van der Waals surface area contributed by atoms with E-state index in [0.29, 0.717) is 6.04 Å². The number of nitrogens with one attached hydrogen (secondary N) is 1. The van der Waals surface area contributed by atoms with E-state index < -0.39 is 0 Å². The second kappa shape index (κ2) is 6.93. The van der Waals surface area contributed by atoms with E-state index in [0.717, 1.165) is 24.4 Å². The van der Waals surface area contributed by atoms with Crippen molar-refractivity contribution in [2.24, 2.45) is 11.8 Å². The lowest BCUT2D eigenvalue weighted by Crippen LogP contribution is -2.54. The zero-order chi connectivity index (χ0) is 14.7. The Hall–Kier alpha value is -0.860. The lowest BCUT2D eigenvalue weighted by atomic mass is 9.82. The molecule has 0 radical (unpaired) electrons. The van der Waals surface area contributed by atoms with Crippen LogP contribution in [0.2, 0.25) is 0 Å². The molecular formula is C19H30N2. The van der Waals surface area contributed by atoms with E-state index >= 15 is 0 Å². The maximum absolute atomic E-state index is 3.81. The molecule has 2 aliphatic rings. The van der Waals surface area contributed by atoms with Gasteiger partial charge in [-0.25, -0.2) is 0 Å². The molecule has 1 saturated heterocycles. The average molecular weight is 286 g/mol. The number of piperidine rings is 1. The molecule has 1 aliphatic heterocycles. The lowest BCUT2D eigenvalue weighted by molar-refractivity contribution is 0.0448. The molecule has 2 unspecified atom stereocenters. The number of benzene rings is 1. The minimum atomic E-state index is 0.659. The van der Waals surface area contributed by atoms with Crippen molar-refractivity contribution in [1.82, 2.24) is 10.2 Å². The Balaban J connectivity index is 1.57. The number of hydrogen-bond donors (Lipinski definition) is 1. The first-order chi connectivity index (χ1) is 10.2. The summed E-state index contributed by atoms with van der Waals surface area (Å²) in [6, 6.07) is 12.3. The SMILES string of the molecule is CC(C)C1CC(NCc2ccccc2)CN(C2CCC2)C1. The van der Waals surface area contributed by atoms with E-state index in [4.69, 9.17) is 0 Å². The number of hydrogen-bond acceptors (Lipinski definition) is 2. The largest absolute Gasteiger partial charge is 0.309 e. The molecule has 21 heavy (non-hydrogen) atoms. The van der Waals surface area contributed by atoms with Gasteiger partial charge in [-0.3, -0.25) is 4.90 Å². The minimum Gasteiger partial charge on any atom is -0.309 e. The van der Waals surface area contributed by atoms with Gasteiger partial charge in [0.1, 0.15) is 0 Å². The molecule has 0 spiro atoms. The van der Waals surface area contributed by atoms with Gasteiger partial charge in [-0.15, -0.1) is 0 Å². The van der Waals surface area contributed by atoms with Gasteiger partial charge in [0, 0.05) is 31.7 Å². The summed E-state index contributed by atoms with van der Waals surface area (Å²) >= 11 is 0. The van der Waals surface area contributed by atoms with E-state index in [9.17, 15) is 0 Å². The Morgan fingerprint density at radius 2 is 1.90 bits per heavy atom. The van der Waals surface area contributed by atoms with Crippen molar-refractivity contribution < 1.29 is 0 Å². The van der Waals surface area contributed by atoms with Crippen LogP contribution in [-0.4, -0.2) is 30.1 Å². The van der Waals surface area contributed by atoms with Crippen molar-refractivity contribution in [1.29, 1.82) is 0 Å². The fraction of sp³-hybridized carbons (Fsp3) is 0.684. The second-order valence-corrected chi connectivity index (χ2v) is 7.34. The summed E-state index contributed by atoms with van der Waals surface area (Å²) in [5.41, 5.74) is 1.40. The Morgan fingerprint density at radius 3 is 2.52 bits per heavy atom. The molecule has 2 atom stereocenters. The first kappa shape index (κ1) is 15.1. The van der Waals surface area contributed by atoms with Crippen LogP contribution in [0.5, 0.6) is 0 Å². The maximum atomic E-state index is 3.81. The van der Waals surface area contributed by atoms with Crippen molar-refractivity contribution in [2.75, 3.05) is 13.1 Å². The molecule has 1 aliphatic carbocycles. The van der Waals surface area contributed by atoms with Crippen LogP contribution in [0.15, 0.2) is 30.3 Å². The quantitative estimate of drug-likeness (QED) is 0.888. The van der Waals surface area contributed by atoms with Gasteiger partial charge in [0.25, 0.3) is 0 Å². The molecule has 0 amide bonds. The molecule has 1 saturated carbocycles. The number of nitrogens with zero attached hydrogens (tertiary/aromatic N) is 1. The Kier molecular flexibility index (Phi) is 4.97. The van der Waals surface area contributed by atoms with Crippen LogP contribution in [0.3, 0.4) is 0 Å². The Morgan fingerprint density at radius 1 is 1.14 bits per heavy atom. The summed E-state index contributed by atoms with van der Waals surface area (Å²) in [6.45, 7) is 8.37. The van der Waals surface area contributed by atoms with E-state index in [-0.39, 0.29) is 0 Å². The lowest BCUT2D eigenvalue weighted by Gasteiger charge is -2.46. The van der Waals surface area contributed by atoms with Crippen LogP contribution in [0, 0.1) is 11.8 Å². The molecule has 1 heterocycles. The molecule has 2 nitrogen and oxygen atoms in total. The van der Waals surface area contributed by atoms with E-state index in [1.54, 1.807) is 0 Å². The molecule has 2 fully saturated rings. The van der Waals surface area contributed by atoms with Crippen LogP contribution >= 0.6 is 0 Å². The average Bonchev–Trinajstić information content (AvgIpc) is 2.44. The highest BCUT2D eigenvalue weighted by molar-refractivity contribution is 5.14. The topological polar surface area (TPSA) is 15.3 Å². The maximum Gasteiger partial charge on any atom is 0.0208 e. The van der Waals surface area contributed by atoms with Gasteiger partial charge in [-0.05, 0) is 36.7 Å². The second-order valence-electron chi connectivity index (χ2n) is 7.34. The molecule has 1 aromatic carbocycles.